The Kier molecular flexibility index (Phi) is 18.1. The first-order valence-electron chi connectivity index (χ1n) is 15.0. The molecule has 0 aliphatic carbocycles. The van der Waals surface area contributed by atoms with E-state index in [1.54, 1.807) is 50.2 Å². The second-order valence-corrected chi connectivity index (χ2v) is 11.8. The molecular formula is C32H40BBrF9N9O2. The Morgan fingerprint density at radius 3 is 1.69 bits per heavy atom. The largest absolute Gasteiger partial charge is 0.507 e. The smallest absolute Gasteiger partial charge is 0.422 e. The van der Waals surface area contributed by atoms with Crippen LogP contribution in [0.4, 0.5) is 39.5 Å². The average molecular weight is 844 g/mol. The maximum atomic E-state index is 12.6. The molecule has 22 heteroatoms. The van der Waals surface area contributed by atoms with Crippen molar-refractivity contribution in [3.8, 4) is 11.4 Å². The van der Waals surface area contributed by atoms with E-state index in [9.17, 15) is 39.5 Å². The summed E-state index contributed by atoms with van der Waals surface area (Å²) in [7, 11) is 3.62. The standard InChI is InChI=1S/C10H14F3N3.C10H8F3N3.C6H3BrF3N.C4H7BN2O2.2CH4/c2*1-16-9(3-5-15-16)8-6-7(2-4-14-8)10(11,12)13;7-5-3-4(1-2-11-5)6(8,9)10;1-7-4(5(8)9)2-3-6-7;;/h3,5,7-8,14H,2,4,6H2,1H3;2-6H,1H3;1-3H;2-3,8-9H,1H3;2*1H4/t7-,8+;;;;;/m0...../s1. The van der Waals surface area contributed by atoms with Gasteiger partial charge >= 0.3 is 25.6 Å². The first-order valence-corrected chi connectivity index (χ1v) is 15.8. The van der Waals surface area contributed by atoms with E-state index < -0.39 is 42.7 Å². The molecule has 2 atom stereocenters. The zero-order valence-electron chi connectivity index (χ0n) is 27.5. The Morgan fingerprint density at radius 2 is 1.26 bits per heavy atom. The van der Waals surface area contributed by atoms with Crippen molar-refractivity contribution in [2.75, 3.05) is 6.54 Å². The van der Waals surface area contributed by atoms with E-state index >= 15 is 0 Å². The van der Waals surface area contributed by atoms with Crippen LogP contribution in [0.15, 0.2) is 78.1 Å². The lowest BCUT2D eigenvalue weighted by molar-refractivity contribution is -0.183. The van der Waals surface area contributed by atoms with Crippen LogP contribution in [0, 0.1) is 5.92 Å². The Hall–Kier alpha value is -4.28. The van der Waals surface area contributed by atoms with Crippen molar-refractivity contribution < 1.29 is 49.6 Å². The number of aromatic nitrogens is 8. The molecule has 0 amide bonds. The highest BCUT2D eigenvalue weighted by Gasteiger charge is 2.42. The molecular weight excluding hydrogens is 804 g/mol. The minimum absolute atomic E-state index is 0. The fourth-order valence-electron chi connectivity index (χ4n) is 4.75. The summed E-state index contributed by atoms with van der Waals surface area (Å²) in [5.74, 6) is -1.20. The van der Waals surface area contributed by atoms with Gasteiger partial charge in [0, 0.05) is 58.2 Å². The summed E-state index contributed by atoms with van der Waals surface area (Å²) < 4.78 is 116. The van der Waals surface area contributed by atoms with Crippen molar-refractivity contribution >= 4 is 28.6 Å². The number of pyridine rings is 2. The van der Waals surface area contributed by atoms with Crippen LogP contribution in [-0.4, -0.2) is 69.2 Å². The molecule has 0 unspecified atom stereocenters. The Bertz CT molecular complexity index is 1840. The van der Waals surface area contributed by atoms with E-state index in [0.717, 1.165) is 42.4 Å². The van der Waals surface area contributed by atoms with Gasteiger partial charge in [0.05, 0.1) is 39.7 Å². The fraction of sp³-hybridized carbons (Fsp3) is 0.406. The summed E-state index contributed by atoms with van der Waals surface area (Å²) >= 11 is 2.84. The monoisotopic (exact) mass is 843 g/mol. The molecule has 6 rings (SSSR count). The fourth-order valence-corrected chi connectivity index (χ4v) is 5.12. The molecule has 0 bridgehead atoms. The van der Waals surface area contributed by atoms with E-state index in [1.165, 1.54) is 21.8 Å². The molecule has 5 aromatic heterocycles. The number of aryl methyl sites for hydroxylation is 3. The minimum atomic E-state index is -4.35. The first-order chi connectivity index (χ1) is 24.2. The number of rotatable bonds is 3. The zero-order chi connectivity index (χ0) is 38.9. The molecule has 3 N–H and O–H groups in total. The number of nitrogens with zero attached hydrogens (tertiary/aromatic N) is 8. The molecule has 1 saturated heterocycles. The number of hydrogen-bond acceptors (Lipinski definition) is 8. The summed E-state index contributed by atoms with van der Waals surface area (Å²) in [6.45, 7) is 0.403. The first kappa shape index (κ1) is 47.7. The lowest BCUT2D eigenvalue weighted by Gasteiger charge is -2.31. The van der Waals surface area contributed by atoms with Gasteiger partial charge in [0.15, 0.2) is 0 Å². The van der Waals surface area contributed by atoms with Crippen molar-refractivity contribution in [1.29, 1.82) is 0 Å². The van der Waals surface area contributed by atoms with Crippen LogP contribution in [-0.2, 0) is 33.5 Å². The molecule has 11 nitrogen and oxygen atoms in total. The summed E-state index contributed by atoms with van der Waals surface area (Å²) in [5, 5.41) is 31.9. The van der Waals surface area contributed by atoms with Gasteiger partial charge in [0.25, 0.3) is 0 Å². The van der Waals surface area contributed by atoms with E-state index in [4.69, 9.17) is 10.0 Å². The Labute approximate surface area is 314 Å². The van der Waals surface area contributed by atoms with Crippen LogP contribution in [0.3, 0.4) is 0 Å². The highest BCUT2D eigenvalue weighted by atomic mass is 79.9. The van der Waals surface area contributed by atoms with Crippen molar-refractivity contribution in [3.05, 3.63) is 94.9 Å². The highest BCUT2D eigenvalue weighted by molar-refractivity contribution is 9.10. The second kappa shape index (κ2) is 20.4. The molecule has 1 fully saturated rings. The maximum Gasteiger partial charge on any atom is 0.507 e. The Balaban J connectivity index is 0.000000365. The summed E-state index contributed by atoms with van der Waals surface area (Å²) in [6.07, 6.45) is -5.58. The van der Waals surface area contributed by atoms with Crippen molar-refractivity contribution in [3.63, 3.8) is 0 Å². The van der Waals surface area contributed by atoms with Crippen molar-refractivity contribution in [2.45, 2.75) is 52.3 Å². The van der Waals surface area contributed by atoms with Gasteiger partial charge in [-0.2, -0.15) is 54.8 Å². The molecule has 298 valence electrons. The highest BCUT2D eigenvalue weighted by Crippen LogP contribution is 2.38. The van der Waals surface area contributed by atoms with Gasteiger partial charge in [-0.15, -0.1) is 0 Å². The lowest BCUT2D eigenvalue weighted by atomic mass is 9.86. The maximum absolute atomic E-state index is 12.6. The van der Waals surface area contributed by atoms with E-state index in [1.807, 2.05) is 0 Å². The van der Waals surface area contributed by atoms with E-state index in [-0.39, 0.29) is 44.0 Å². The third-order valence-electron chi connectivity index (χ3n) is 7.43. The predicted molar refractivity (Wildman–Crippen MR) is 188 cm³/mol. The minimum Gasteiger partial charge on any atom is -0.422 e. The quantitative estimate of drug-likeness (QED) is 0.103. The van der Waals surface area contributed by atoms with Crippen LogP contribution in [0.25, 0.3) is 11.4 Å². The van der Waals surface area contributed by atoms with Gasteiger partial charge < -0.3 is 15.4 Å². The van der Waals surface area contributed by atoms with Crippen LogP contribution < -0.4 is 10.9 Å². The van der Waals surface area contributed by atoms with Crippen molar-refractivity contribution in [2.24, 2.45) is 27.1 Å². The number of alkyl halides is 9. The molecule has 5 aromatic rings. The molecule has 1 aliphatic heterocycles. The van der Waals surface area contributed by atoms with Gasteiger partial charge in [-0.1, -0.05) is 14.9 Å². The summed E-state index contributed by atoms with van der Waals surface area (Å²) in [6, 6.07) is 8.48. The molecule has 54 heavy (non-hydrogen) atoms. The molecule has 1 aliphatic rings. The molecule has 0 radical (unpaired) electrons. The number of nitrogens with one attached hydrogen (secondary N) is 1. The normalized spacial score (nSPS) is 15.5. The second-order valence-electron chi connectivity index (χ2n) is 11.0. The van der Waals surface area contributed by atoms with Gasteiger partial charge in [-0.25, -0.2) is 4.98 Å². The zero-order valence-corrected chi connectivity index (χ0v) is 29.1. The van der Waals surface area contributed by atoms with Crippen LogP contribution in [0.2, 0.25) is 0 Å². The predicted octanol–water partition coefficient (Wildman–Crippen LogP) is 6.76. The Morgan fingerprint density at radius 1 is 0.722 bits per heavy atom. The van der Waals surface area contributed by atoms with Crippen LogP contribution >= 0.6 is 15.9 Å². The summed E-state index contributed by atoms with van der Waals surface area (Å²) in [5.41, 5.74) is 0.614. The molecule has 0 saturated carbocycles. The number of halogens is 10. The molecule has 0 aromatic carbocycles. The molecule has 6 heterocycles. The number of piperidine rings is 1. The van der Waals surface area contributed by atoms with Gasteiger partial charge in [0.1, 0.15) is 4.60 Å². The van der Waals surface area contributed by atoms with Crippen LogP contribution in [0.5, 0.6) is 0 Å². The lowest BCUT2D eigenvalue weighted by Crippen LogP contribution is -2.38. The van der Waals surface area contributed by atoms with Gasteiger partial charge in [0.2, 0.25) is 0 Å². The molecule has 0 spiro atoms. The van der Waals surface area contributed by atoms with E-state index in [2.05, 4.69) is 46.5 Å². The summed E-state index contributed by atoms with van der Waals surface area (Å²) in [4.78, 5) is 7.47. The third-order valence-corrected chi connectivity index (χ3v) is 7.86. The topological polar surface area (TPSA) is 132 Å². The van der Waals surface area contributed by atoms with Gasteiger partial charge in [-0.3, -0.25) is 19.0 Å². The SMILES string of the molecule is C.C.Cn1nccc1-c1cc(C(F)(F)F)ccn1.Cn1nccc1B(O)O.Cn1nccc1[C@H]1C[C@@H](C(F)(F)F)CCN1.FC(F)(F)c1ccnc(Br)c1. The van der Waals surface area contributed by atoms with E-state index in [0.29, 0.717) is 17.8 Å². The van der Waals surface area contributed by atoms with Crippen molar-refractivity contribution in [1.82, 2.24) is 44.6 Å². The third kappa shape index (κ3) is 14.2. The number of hydrogen-bond donors (Lipinski definition) is 3. The van der Waals surface area contributed by atoms with Crippen LogP contribution in [0.1, 0.15) is 50.6 Å². The van der Waals surface area contributed by atoms with Gasteiger partial charge in [-0.05, 0) is 77.8 Å². The average Bonchev–Trinajstić information content (AvgIpc) is 3.82.